The maximum atomic E-state index is 12.4. The second-order valence-electron chi connectivity index (χ2n) is 4.15. The number of ether oxygens (including phenoxy) is 1. The van der Waals surface area contributed by atoms with Crippen LogP contribution in [0.1, 0.15) is 42.6 Å². The summed E-state index contributed by atoms with van der Waals surface area (Å²) < 4.78 is 43.1. The van der Waals surface area contributed by atoms with E-state index in [0.717, 1.165) is 0 Å². The number of esters is 1. The Kier molecular flexibility index (Phi) is 4.43. The lowest BCUT2D eigenvalue weighted by molar-refractivity contribution is -0.141. The fraction of sp³-hybridized carbons (Fsp3) is 0.636. The van der Waals surface area contributed by atoms with Crippen LogP contribution in [0.25, 0.3) is 0 Å². The molecule has 0 amide bonds. The second-order valence-corrected chi connectivity index (χ2v) is 4.15. The summed E-state index contributed by atoms with van der Waals surface area (Å²) in [6.07, 6.45) is -5.36. The molecule has 1 rings (SSSR count). The largest absolute Gasteiger partial charge is 0.461 e. The average molecular weight is 279 g/mol. The number of hydrogen-bond acceptors (Lipinski definition) is 4. The molecule has 0 bridgehead atoms. The standard InChI is InChI=1S/C11H16F3N3O2/c1-4-19-10(18)8-9(15)17(7(3)16-8)6(2)5-11(12,13)14/h6H,4-5,15H2,1-3H3. The van der Waals surface area contributed by atoms with Gasteiger partial charge in [-0.25, -0.2) is 9.78 Å². The van der Waals surface area contributed by atoms with E-state index in [4.69, 9.17) is 10.5 Å². The van der Waals surface area contributed by atoms with Gasteiger partial charge in [0.25, 0.3) is 0 Å². The minimum atomic E-state index is -4.31. The first-order valence-electron chi connectivity index (χ1n) is 5.75. The Balaban J connectivity index is 3.06. The molecule has 108 valence electrons. The molecule has 19 heavy (non-hydrogen) atoms. The van der Waals surface area contributed by atoms with Gasteiger partial charge in [-0.1, -0.05) is 0 Å². The topological polar surface area (TPSA) is 70.1 Å². The zero-order valence-corrected chi connectivity index (χ0v) is 10.9. The van der Waals surface area contributed by atoms with Gasteiger partial charge >= 0.3 is 12.1 Å². The number of nitrogens with zero attached hydrogens (tertiary/aromatic N) is 2. The second kappa shape index (κ2) is 5.50. The highest BCUT2D eigenvalue weighted by molar-refractivity contribution is 5.92. The SMILES string of the molecule is CCOC(=O)c1nc(C)n(C(C)CC(F)(F)F)c1N. The summed E-state index contributed by atoms with van der Waals surface area (Å²) in [7, 11) is 0. The number of rotatable bonds is 4. The van der Waals surface area contributed by atoms with Gasteiger partial charge in [0.2, 0.25) is 0 Å². The van der Waals surface area contributed by atoms with E-state index in [1.807, 2.05) is 0 Å². The summed E-state index contributed by atoms with van der Waals surface area (Å²) in [6.45, 7) is 4.62. The van der Waals surface area contributed by atoms with Crippen molar-refractivity contribution in [3.63, 3.8) is 0 Å². The van der Waals surface area contributed by atoms with Gasteiger partial charge in [-0.2, -0.15) is 13.2 Å². The third-order valence-corrected chi connectivity index (χ3v) is 2.56. The van der Waals surface area contributed by atoms with E-state index < -0.39 is 24.6 Å². The van der Waals surface area contributed by atoms with E-state index in [-0.39, 0.29) is 23.9 Å². The van der Waals surface area contributed by atoms with Gasteiger partial charge < -0.3 is 15.0 Å². The first-order chi connectivity index (χ1) is 8.67. The van der Waals surface area contributed by atoms with Gasteiger partial charge in [0.05, 0.1) is 13.0 Å². The van der Waals surface area contributed by atoms with Crippen LogP contribution in [-0.4, -0.2) is 28.3 Å². The first-order valence-corrected chi connectivity index (χ1v) is 5.75. The Morgan fingerprint density at radius 1 is 1.53 bits per heavy atom. The van der Waals surface area contributed by atoms with Crippen molar-refractivity contribution in [2.45, 2.75) is 39.4 Å². The highest BCUT2D eigenvalue weighted by Gasteiger charge is 2.33. The number of imidazole rings is 1. The number of carbonyl (C=O) groups is 1. The molecule has 0 aromatic carbocycles. The monoisotopic (exact) mass is 279 g/mol. The van der Waals surface area contributed by atoms with Crippen molar-refractivity contribution in [1.82, 2.24) is 9.55 Å². The van der Waals surface area contributed by atoms with E-state index in [2.05, 4.69) is 4.98 Å². The Hall–Kier alpha value is -1.73. The van der Waals surface area contributed by atoms with E-state index in [1.54, 1.807) is 6.92 Å². The molecular formula is C11H16F3N3O2. The van der Waals surface area contributed by atoms with Crippen LogP contribution < -0.4 is 5.73 Å². The third kappa shape index (κ3) is 3.62. The molecule has 8 heteroatoms. The van der Waals surface area contributed by atoms with Crippen molar-refractivity contribution in [1.29, 1.82) is 0 Å². The summed E-state index contributed by atoms with van der Waals surface area (Å²) >= 11 is 0. The minimum absolute atomic E-state index is 0.104. The molecule has 2 N–H and O–H groups in total. The summed E-state index contributed by atoms with van der Waals surface area (Å²) in [5, 5.41) is 0. The van der Waals surface area contributed by atoms with Crippen LogP contribution in [0, 0.1) is 6.92 Å². The molecule has 1 aromatic heterocycles. The molecule has 5 nitrogen and oxygen atoms in total. The Morgan fingerprint density at radius 3 is 2.58 bits per heavy atom. The van der Waals surface area contributed by atoms with Crippen molar-refractivity contribution in [3.8, 4) is 0 Å². The van der Waals surface area contributed by atoms with E-state index >= 15 is 0 Å². The van der Waals surface area contributed by atoms with Crippen molar-refractivity contribution < 1.29 is 22.7 Å². The predicted molar refractivity (Wildman–Crippen MR) is 62.7 cm³/mol. The maximum absolute atomic E-state index is 12.4. The van der Waals surface area contributed by atoms with Crippen LogP contribution in [0.2, 0.25) is 0 Å². The van der Waals surface area contributed by atoms with Crippen LogP contribution in [-0.2, 0) is 4.74 Å². The number of hydrogen-bond donors (Lipinski definition) is 1. The smallest absolute Gasteiger partial charge is 0.391 e. The lowest BCUT2D eigenvalue weighted by atomic mass is 10.2. The van der Waals surface area contributed by atoms with Gasteiger partial charge in [-0.05, 0) is 20.8 Å². The highest BCUT2D eigenvalue weighted by atomic mass is 19.4. The average Bonchev–Trinajstić information content (AvgIpc) is 2.52. The molecule has 0 aliphatic heterocycles. The van der Waals surface area contributed by atoms with E-state index in [9.17, 15) is 18.0 Å². The number of halogens is 3. The van der Waals surface area contributed by atoms with Gasteiger partial charge in [-0.3, -0.25) is 0 Å². The van der Waals surface area contributed by atoms with Gasteiger partial charge in [0.15, 0.2) is 5.69 Å². The molecule has 0 aliphatic carbocycles. The molecule has 0 radical (unpaired) electrons. The lowest BCUT2D eigenvalue weighted by Crippen LogP contribution is -2.19. The van der Waals surface area contributed by atoms with E-state index in [0.29, 0.717) is 0 Å². The van der Waals surface area contributed by atoms with Crippen molar-refractivity contribution in [2.24, 2.45) is 0 Å². The van der Waals surface area contributed by atoms with Crippen molar-refractivity contribution in [3.05, 3.63) is 11.5 Å². The zero-order chi connectivity index (χ0) is 14.8. The zero-order valence-electron chi connectivity index (χ0n) is 10.9. The van der Waals surface area contributed by atoms with Crippen LogP contribution >= 0.6 is 0 Å². The molecule has 0 spiro atoms. The van der Waals surface area contributed by atoms with Gasteiger partial charge in [0, 0.05) is 6.04 Å². The quantitative estimate of drug-likeness (QED) is 0.859. The summed E-state index contributed by atoms with van der Waals surface area (Å²) in [5.41, 5.74) is 5.54. The molecule has 0 aliphatic rings. The predicted octanol–water partition coefficient (Wildman–Crippen LogP) is 2.46. The molecule has 1 aromatic rings. The lowest BCUT2D eigenvalue weighted by Gasteiger charge is -2.18. The number of nitrogen functional groups attached to an aromatic ring is 1. The molecule has 1 unspecified atom stereocenters. The normalized spacial score (nSPS) is 13.4. The fourth-order valence-electron chi connectivity index (χ4n) is 1.89. The summed E-state index contributed by atoms with van der Waals surface area (Å²) in [4.78, 5) is 15.4. The van der Waals surface area contributed by atoms with E-state index in [1.165, 1.54) is 18.4 Å². The molecular weight excluding hydrogens is 263 g/mol. The number of anilines is 1. The van der Waals surface area contributed by atoms with Crippen LogP contribution in [0.15, 0.2) is 0 Å². The van der Waals surface area contributed by atoms with Crippen LogP contribution in [0.3, 0.4) is 0 Å². The number of aryl methyl sites for hydroxylation is 1. The van der Waals surface area contributed by atoms with Crippen molar-refractivity contribution in [2.75, 3.05) is 12.3 Å². The number of aromatic nitrogens is 2. The third-order valence-electron chi connectivity index (χ3n) is 2.56. The first kappa shape index (κ1) is 15.3. The molecule has 1 heterocycles. The fourth-order valence-corrected chi connectivity index (χ4v) is 1.89. The minimum Gasteiger partial charge on any atom is -0.461 e. The molecule has 0 fully saturated rings. The van der Waals surface area contributed by atoms with Crippen LogP contribution in [0.5, 0.6) is 0 Å². The van der Waals surface area contributed by atoms with Gasteiger partial charge in [-0.15, -0.1) is 0 Å². The van der Waals surface area contributed by atoms with Crippen LogP contribution in [0.4, 0.5) is 19.0 Å². The molecule has 1 atom stereocenters. The number of alkyl halides is 3. The maximum Gasteiger partial charge on any atom is 0.391 e. The summed E-state index contributed by atoms with van der Waals surface area (Å²) in [5.74, 6) is -0.592. The molecule has 0 saturated carbocycles. The number of carbonyl (C=O) groups excluding carboxylic acids is 1. The molecule has 0 saturated heterocycles. The Morgan fingerprint density at radius 2 is 2.11 bits per heavy atom. The Labute approximate surface area is 108 Å². The highest BCUT2D eigenvalue weighted by Crippen LogP contribution is 2.30. The van der Waals surface area contributed by atoms with Gasteiger partial charge in [0.1, 0.15) is 11.6 Å². The Bertz CT molecular complexity index is 468. The number of nitrogens with two attached hydrogens (primary N) is 1. The summed E-state index contributed by atoms with van der Waals surface area (Å²) in [6, 6.07) is -0.935. The van der Waals surface area contributed by atoms with Crippen molar-refractivity contribution >= 4 is 11.8 Å².